The number of nitrogens with one attached hydrogen (secondary N) is 2. The van der Waals surface area contributed by atoms with Crippen LogP contribution in [0.3, 0.4) is 0 Å². The van der Waals surface area contributed by atoms with Crippen LogP contribution in [0.4, 0.5) is 68.8 Å². The summed E-state index contributed by atoms with van der Waals surface area (Å²) in [6.45, 7) is 3.41. The van der Waals surface area contributed by atoms with Gasteiger partial charge in [-0.15, -0.1) is 10.2 Å². The van der Waals surface area contributed by atoms with E-state index in [-0.39, 0.29) is 61.1 Å². The van der Waals surface area contributed by atoms with E-state index >= 15 is 0 Å². The largest absolute Gasteiger partial charge is 0.324 e. The molecular weight excluding hydrogens is 1030 g/mol. The maximum Gasteiger partial charge on any atom is 0.296 e. The van der Waals surface area contributed by atoms with Crippen molar-refractivity contribution in [1.82, 2.24) is 15.0 Å². The second-order valence-electron chi connectivity index (χ2n) is 14.5. The Kier molecular flexibility index (Phi) is 14.9. The predicted molar refractivity (Wildman–Crippen MR) is 255 cm³/mol. The number of anilines is 4. The fraction of sp³-hybridized carbons (Fsp3) is 0.0488. The Labute approximate surface area is 408 Å². The van der Waals surface area contributed by atoms with Gasteiger partial charge in [0.05, 0.1) is 43.9 Å². The van der Waals surface area contributed by atoms with Gasteiger partial charge in [-0.05, 0) is 158 Å². The van der Waals surface area contributed by atoms with Crippen molar-refractivity contribution in [2.75, 3.05) is 10.6 Å². The van der Waals surface area contributed by atoms with Crippen LogP contribution >= 0.6 is 11.6 Å². The van der Waals surface area contributed by atoms with Crippen LogP contribution in [0.5, 0.6) is 0 Å². The first-order valence-corrected chi connectivity index (χ1v) is 25.7. The summed E-state index contributed by atoms with van der Waals surface area (Å²) < 4.78 is 132. The first-order valence-electron chi connectivity index (χ1n) is 19.6. The Morgan fingerprint density at radius 2 is 0.718 bits per heavy atom. The maximum absolute atomic E-state index is 12.3. The number of nitrogens with zero attached hydrogens (tertiary/aromatic N) is 11. The normalized spacial score (nSPS) is 12.7. The van der Waals surface area contributed by atoms with Gasteiger partial charge in [0, 0.05) is 11.4 Å². The van der Waals surface area contributed by atoms with Gasteiger partial charge in [0.2, 0.25) is 17.2 Å². The van der Waals surface area contributed by atoms with Gasteiger partial charge in [0.25, 0.3) is 40.5 Å². The zero-order chi connectivity index (χ0) is 51.3. The molecule has 25 nitrogen and oxygen atoms in total. The standard InChI is InChI=1S/C41H32ClN13O12S4/c1-23-19-27(7-15-33(23)52-54-35-17-9-29(21-37(35)70(62,63)64)50-48-25-3-11-31(12-4-25)68(56,57)58)43-40-45-39(42)46-41(47-40)44-28-8-16-34(24(2)20-28)53-55-36-18-10-30(22-38(36)71(65,66)67)51-49-26-5-13-32(14-6-26)69(59,60)61/h3-22H,1-2H3,(H,56,57,58)(H,59,60,61)(H,62,63,64)(H,65,66,67)(H2,43,44,45,46,47)/b50-48-,51-49-,54-52-,55-53-. The predicted octanol–water partition coefficient (Wildman–Crippen LogP) is 11.3. The molecule has 7 aromatic rings. The molecule has 6 N–H and O–H groups in total. The second kappa shape index (κ2) is 20.7. The molecule has 0 atom stereocenters. The number of aryl methyl sites for hydroxylation is 2. The van der Waals surface area contributed by atoms with Gasteiger partial charge in [0.1, 0.15) is 21.2 Å². The molecule has 0 saturated carbocycles. The molecule has 1 heterocycles. The highest BCUT2D eigenvalue weighted by Gasteiger charge is 2.19. The Morgan fingerprint density at radius 1 is 0.394 bits per heavy atom. The van der Waals surface area contributed by atoms with Gasteiger partial charge in [-0.3, -0.25) is 18.2 Å². The van der Waals surface area contributed by atoms with Crippen molar-refractivity contribution >= 4 is 121 Å². The summed E-state index contributed by atoms with van der Waals surface area (Å²) in [5.74, 6) is 0.0927. The molecule has 364 valence electrons. The second-order valence-corrected chi connectivity index (χ2v) is 20.5. The summed E-state index contributed by atoms with van der Waals surface area (Å²) >= 11 is 6.24. The van der Waals surface area contributed by atoms with Crippen LogP contribution < -0.4 is 10.6 Å². The Balaban J connectivity index is 1.01. The lowest BCUT2D eigenvalue weighted by Crippen LogP contribution is -2.04. The van der Waals surface area contributed by atoms with Gasteiger partial charge in [-0.25, -0.2) is 0 Å². The number of benzene rings is 6. The van der Waals surface area contributed by atoms with Crippen LogP contribution in [-0.4, -0.2) is 66.8 Å². The average Bonchev–Trinajstić information content (AvgIpc) is 3.29. The Hall–Kier alpha value is -7.74. The highest BCUT2D eigenvalue weighted by atomic mass is 35.5. The molecule has 7 rings (SSSR count). The number of hydrogen-bond acceptors (Lipinski definition) is 21. The topological polar surface area (TPSA) is 379 Å². The van der Waals surface area contributed by atoms with E-state index in [2.05, 4.69) is 66.5 Å². The number of halogens is 1. The minimum atomic E-state index is -4.82. The number of aromatic nitrogens is 3. The number of rotatable bonds is 16. The van der Waals surface area contributed by atoms with E-state index in [9.17, 15) is 42.8 Å². The molecule has 0 unspecified atom stereocenters. The van der Waals surface area contributed by atoms with Crippen molar-refractivity contribution in [3.63, 3.8) is 0 Å². The highest BCUT2D eigenvalue weighted by molar-refractivity contribution is 7.86. The van der Waals surface area contributed by atoms with Gasteiger partial charge in [0.15, 0.2) is 0 Å². The molecule has 0 fully saturated rings. The van der Waals surface area contributed by atoms with Crippen LogP contribution in [-0.2, 0) is 40.5 Å². The minimum absolute atomic E-state index is 0.00514. The zero-order valence-corrected chi connectivity index (χ0v) is 40.1. The third kappa shape index (κ3) is 13.7. The monoisotopic (exact) mass is 1060 g/mol. The third-order valence-corrected chi connectivity index (χ3v) is 13.0. The molecule has 1 aromatic heterocycles. The summed E-state index contributed by atoms with van der Waals surface area (Å²) in [7, 11) is -18.5. The van der Waals surface area contributed by atoms with Crippen LogP contribution in [0.1, 0.15) is 11.1 Å². The lowest BCUT2D eigenvalue weighted by atomic mass is 10.2. The van der Waals surface area contributed by atoms with E-state index < -0.39 is 50.3 Å². The summed E-state index contributed by atoms with van der Waals surface area (Å²) in [6, 6.07) is 26.4. The fourth-order valence-electron chi connectivity index (χ4n) is 5.94. The van der Waals surface area contributed by atoms with E-state index in [4.69, 9.17) is 20.7 Å². The van der Waals surface area contributed by atoms with Gasteiger partial charge in [-0.2, -0.15) is 79.3 Å². The number of azo groups is 4. The minimum Gasteiger partial charge on any atom is -0.324 e. The first kappa shape index (κ1) is 51.1. The molecule has 0 aliphatic carbocycles. The number of hydrogen-bond donors (Lipinski definition) is 6. The highest BCUT2D eigenvalue weighted by Crippen LogP contribution is 2.35. The SMILES string of the molecule is Cc1cc(Nc2nc(Cl)nc(Nc3ccc(/N=N\c4ccc(/N=N\c5ccc(S(=O)(=O)O)cc5)cc4S(=O)(=O)O)c(C)c3)n2)ccc1/N=N\c1ccc(/N=N\c2ccc(S(=O)(=O)O)cc2)cc1S(=O)(=O)O. The molecule has 0 amide bonds. The molecule has 0 aliphatic heterocycles. The molecule has 71 heavy (non-hydrogen) atoms. The molecule has 6 aromatic carbocycles. The van der Waals surface area contributed by atoms with Crippen molar-refractivity contribution in [2.45, 2.75) is 33.4 Å². The van der Waals surface area contributed by atoms with Crippen LogP contribution in [0, 0.1) is 13.8 Å². The average molecular weight is 1060 g/mol. The molecule has 0 aliphatic rings. The molecule has 0 bridgehead atoms. The maximum atomic E-state index is 12.3. The molecule has 0 saturated heterocycles. The quantitative estimate of drug-likeness (QED) is 0.0387. The lowest BCUT2D eigenvalue weighted by molar-refractivity contribution is 0.481. The van der Waals surface area contributed by atoms with E-state index in [0.29, 0.717) is 33.9 Å². The molecule has 30 heteroatoms. The molecule has 0 radical (unpaired) electrons. The first-order chi connectivity index (χ1) is 33.4. The zero-order valence-electron chi connectivity index (χ0n) is 36.0. The third-order valence-electron chi connectivity index (χ3n) is 9.32. The van der Waals surface area contributed by atoms with E-state index in [1.807, 2.05) is 0 Å². The lowest BCUT2D eigenvalue weighted by Gasteiger charge is -2.10. The Bertz CT molecular complexity index is 3570. The summed E-state index contributed by atoms with van der Waals surface area (Å²) in [5.41, 5.74) is 2.72. The summed E-state index contributed by atoms with van der Waals surface area (Å²) in [5, 5.41) is 37.9. The van der Waals surface area contributed by atoms with Crippen LogP contribution in [0.15, 0.2) is 182 Å². The van der Waals surface area contributed by atoms with Crippen molar-refractivity contribution in [2.24, 2.45) is 40.9 Å². The van der Waals surface area contributed by atoms with Gasteiger partial charge in [-0.1, -0.05) is 0 Å². The van der Waals surface area contributed by atoms with Crippen molar-refractivity contribution < 1.29 is 51.9 Å². The molecule has 0 spiro atoms. The van der Waals surface area contributed by atoms with Gasteiger partial charge >= 0.3 is 0 Å². The van der Waals surface area contributed by atoms with Gasteiger partial charge < -0.3 is 10.6 Å². The van der Waals surface area contributed by atoms with Crippen LogP contribution in [0.25, 0.3) is 0 Å². The molecular formula is C41H32ClN13O12S4. The Morgan fingerprint density at radius 3 is 1.06 bits per heavy atom. The summed E-state index contributed by atoms with van der Waals surface area (Å²) in [4.78, 5) is 10.7. The van der Waals surface area contributed by atoms with Crippen LogP contribution in [0.2, 0.25) is 5.28 Å². The smallest absolute Gasteiger partial charge is 0.296 e. The van der Waals surface area contributed by atoms with E-state index in [1.165, 1.54) is 48.5 Å². The van der Waals surface area contributed by atoms with E-state index in [1.54, 1.807) is 50.2 Å². The fourth-order valence-corrected chi connectivity index (χ4v) is 8.34. The van der Waals surface area contributed by atoms with Crippen molar-refractivity contribution in [1.29, 1.82) is 0 Å². The van der Waals surface area contributed by atoms with E-state index in [0.717, 1.165) is 36.4 Å². The summed E-state index contributed by atoms with van der Waals surface area (Å²) in [6.07, 6.45) is 0. The van der Waals surface area contributed by atoms with Crippen molar-refractivity contribution in [3.05, 3.63) is 138 Å². The van der Waals surface area contributed by atoms with Crippen molar-refractivity contribution in [3.8, 4) is 0 Å².